The second kappa shape index (κ2) is 5.85. The van der Waals surface area contributed by atoms with Gasteiger partial charge in [-0.1, -0.05) is 19.8 Å². The van der Waals surface area contributed by atoms with Crippen molar-refractivity contribution < 1.29 is 4.79 Å². The van der Waals surface area contributed by atoms with Gasteiger partial charge in [-0.05, 0) is 31.6 Å². The maximum Gasteiger partial charge on any atom is 0.217 e. The minimum atomic E-state index is 0.127. The molecule has 0 radical (unpaired) electrons. The molecule has 1 saturated heterocycles. The molecule has 1 saturated carbocycles. The highest BCUT2D eigenvalue weighted by Crippen LogP contribution is 2.32. The molecule has 2 atom stereocenters. The van der Waals surface area contributed by atoms with Gasteiger partial charge in [-0.15, -0.1) is 0 Å². The fourth-order valence-corrected chi connectivity index (χ4v) is 3.07. The summed E-state index contributed by atoms with van der Waals surface area (Å²) in [6, 6.07) is 1.22. The van der Waals surface area contributed by atoms with Crippen LogP contribution in [0.3, 0.4) is 0 Å². The Hall–Kier alpha value is -0.570. The van der Waals surface area contributed by atoms with E-state index in [0.29, 0.717) is 6.04 Å². The van der Waals surface area contributed by atoms with Gasteiger partial charge >= 0.3 is 0 Å². The molecule has 0 aromatic heterocycles. The van der Waals surface area contributed by atoms with E-state index in [1.54, 1.807) is 6.92 Å². The van der Waals surface area contributed by atoms with E-state index >= 15 is 0 Å². The van der Waals surface area contributed by atoms with E-state index in [1.165, 1.54) is 45.1 Å². The number of rotatable bonds is 5. The summed E-state index contributed by atoms with van der Waals surface area (Å²) in [5.41, 5.74) is 0. The number of carbonyl (C=O) groups is 1. The standard InChI is InChI=1S/C14H26N2O/c1-3-4-5-12-8-13(15-11(2)17)10-16(9-12)14-6-7-14/h12-14H,3-10H2,1-2H3,(H,15,17). The molecule has 1 heterocycles. The molecule has 2 rings (SSSR count). The van der Waals surface area contributed by atoms with Gasteiger partial charge < -0.3 is 5.32 Å². The fraction of sp³-hybridized carbons (Fsp3) is 0.929. The Morgan fingerprint density at radius 1 is 1.35 bits per heavy atom. The van der Waals surface area contributed by atoms with Crippen molar-refractivity contribution in [1.29, 1.82) is 0 Å². The number of carbonyl (C=O) groups excluding carboxylic acids is 1. The lowest BCUT2D eigenvalue weighted by Crippen LogP contribution is -2.51. The van der Waals surface area contributed by atoms with Crippen molar-refractivity contribution in [2.45, 2.75) is 64.5 Å². The van der Waals surface area contributed by atoms with Crippen LogP contribution in [0.2, 0.25) is 0 Å². The van der Waals surface area contributed by atoms with Gasteiger partial charge in [0.1, 0.15) is 0 Å². The van der Waals surface area contributed by atoms with E-state index in [-0.39, 0.29) is 5.91 Å². The third kappa shape index (κ3) is 3.98. The third-order valence-electron chi connectivity index (χ3n) is 4.00. The molecule has 2 fully saturated rings. The summed E-state index contributed by atoms with van der Waals surface area (Å²) in [5, 5.41) is 3.12. The van der Waals surface area contributed by atoms with Crippen molar-refractivity contribution >= 4 is 5.91 Å². The van der Waals surface area contributed by atoms with E-state index < -0.39 is 0 Å². The minimum absolute atomic E-state index is 0.127. The van der Waals surface area contributed by atoms with Gasteiger partial charge in [-0.2, -0.15) is 0 Å². The first-order valence-electron chi connectivity index (χ1n) is 7.20. The summed E-state index contributed by atoms with van der Waals surface area (Å²) < 4.78 is 0. The summed E-state index contributed by atoms with van der Waals surface area (Å²) >= 11 is 0. The van der Waals surface area contributed by atoms with E-state index in [2.05, 4.69) is 17.1 Å². The first kappa shape index (κ1) is 12.9. The van der Waals surface area contributed by atoms with Gasteiger partial charge in [0, 0.05) is 32.1 Å². The van der Waals surface area contributed by atoms with Crippen LogP contribution in [0.5, 0.6) is 0 Å². The molecule has 0 aromatic carbocycles. The van der Waals surface area contributed by atoms with Crippen LogP contribution in [-0.4, -0.2) is 36.0 Å². The van der Waals surface area contributed by atoms with Gasteiger partial charge in [0.25, 0.3) is 0 Å². The maximum atomic E-state index is 11.2. The topological polar surface area (TPSA) is 32.3 Å². The summed E-state index contributed by atoms with van der Waals surface area (Å²) in [6.07, 6.45) is 7.86. The number of nitrogens with zero attached hydrogens (tertiary/aromatic N) is 1. The fourth-order valence-electron chi connectivity index (χ4n) is 3.07. The van der Waals surface area contributed by atoms with Crippen LogP contribution in [0.4, 0.5) is 0 Å². The molecular weight excluding hydrogens is 212 g/mol. The molecule has 1 amide bonds. The summed E-state index contributed by atoms with van der Waals surface area (Å²) in [4.78, 5) is 13.8. The first-order chi connectivity index (χ1) is 8.19. The Morgan fingerprint density at radius 2 is 2.12 bits per heavy atom. The Bertz CT molecular complexity index is 263. The van der Waals surface area contributed by atoms with Crippen LogP contribution in [0.25, 0.3) is 0 Å². The van der Waals surface area contributed by atoms with E-state index in [9.17, 15) is 4.79 Å². The molecule has 3 heteroatoms. The third-order valence-corrected chi connectivity index (χ3v) is 4.00. The average Bonchev–Trinajstić information content (AvgIpc) is 3.08. The predicted octanol–water partition coefficient (Wildman–Crippen LogP) is 2.17. The van der Waals surface area contributed by atoms with Crippen molar-refractivity contribution in [3.8, 4) is 0 Å². The Morgan fingerprint density at radius 3 is 2.71 bits per heavy atom. The number of hydrogen-bond donors (Lipinski definition) is 1. The Balaban J connectivity index is 1.86. The molecule has 3 nitrogen and oxygen atoms in total. The van der Waals surface area contributed by atoms with E-state index in [0.717, 1.165) is 18.5 Å². The second-order valence-corrected chi connectivity index (χ2v) is 5.83. The highest BCUT2D eigenvalue weighted by molar-refractivity contribution is 5.73. The van der Waals surface area contributed by atoms with Gasteiger partial charge in [-0.25, -0.2) is 0 Å². The maximum absolute atomic E-state index is 11.2. The molecule has 1 aliphatic heterocycles. The summed E-state index contributed by atoms with van der Waals surface area (Å²) in [7, 11) is 0. The highest BCUT2D eigenvalue weighted by Gasteiger charge is 2.35. The van der Waals surface area contributed by atoms with Crippen molar-refractivity contribution in [2.75, 3.05) is 13.1 Å². The number of nitrogens with one attached hydrogen (secondary N) is 1. The largest absolute Gasteiger partial charge is 0.352 e. The van der Waals surface area contributed by atoms with Crippen LogP contribution in [0.1, 0.15) is 52.4 Å². The van der Waals surface area contributed by atoms with Crippen molar-refractivity contribution in [1.82, 2.24) is 10.2 Å². The molecule has 98 valence electrons. The van der Waals surface area contributed by atoms with Crippen LogP contribution in [-0.2, 0) is 4.79 Å². The zero-order chi connectivity index (χ0) is 12.3. The van der Waals surface area contributed by atoms with Gasteiger partial charge in [-0.3, -0.25) is 9.69 Å². The smallest absolute Gasteiger partial charge is 0.217 e. The van der Waals surface area contributed by atoms with Gasteiger partial charge in [0.15, 0.2) is 0 Å². The van der Waals surface area contributed by atoms with Gasteiger partial charge in [0.2, 0.25) is 5.91 Å². The number of piperidine rings is 1. The van der Waals surface area contributed by atoms with E-state index in [1.807, 2.05) is 0 Å². The monoisotopic (exact) mass is 238 g/mol. The van der Waals surface area contributed by atoms with E-state index in [4.69, 9.17) is 0 Å². The molecule has 0 spiro atoms. The normalized spacial score (nSPS) is 30.2. The number of hydrogen-bond acceptors (Lipinski definition) is 2. The van der Waals surface area contributed by atoms with Crippen molar-refractivity contribution in [3.05, 3.63) is 0 Å². The molecular formula is C14H26N2O. The lowest BCUT2D eigenvalue weighted by atomic mass is 9.89. The highest BCUT2D eigenvalue weighted by atomic mass is 16.1. The quantitative estimate of drug-likeness (QED) is 0.796. The molecule has 1 aliphatic carbocycles. The number of unbranched alkanes of at least 4 members (excludes halogenated alkanes) is 1. The van der Waals surface area contributed by atoms with Crippen LogP contribution in [0, 0.1) is 5.92 Å². The van der Waals surface area contributed by atoms with Crippen LogP contribution < -0.4 is 5.32 Å². The zero-order valence-electron chi connectivity index (χ0n) is 11.2. The zero-order valence-corrected chi connectivity index (χ0v) is 11.2. The van der Waals surface area contributed by atoms with Crippen LogP contribution in [0.15, 0.2) is 0 Å². The number of likely N-dealkylation sites (tertiary alicyclic amines) is 1. The summed E-state index contributed by atoms with van der Waals surface area (Å²) in [5.74, 6) is 0.919. The molecule has 1 N–H and O–H groups in total. The lowest BCUT2D eigenvalue weighted by Gasteiger charge is -2.38. The van der Waals surface area contributed by atoms with Crippen molar-refractivity contribution in [2.24, 2.45) is 5.92 Å². The first-order valence-corrected chi connectivity index (χ1v) is 7.20. The second-order valence-electron chi connectivity index (χ2n) is 5.83. The minimum Gasteiger partial charge on any atom is -0.352 e. The molecule has 0 aromatic rings. The molecule has 2 aliphatic rings. The predicted molar refractivity (Wildman–Crippen MR) is 69.8 cm³/mol. The lowest BCUT2D eigenvalue weighted by molar-refractivity contribution is -0.120. The molecule has 17 heavy (non-hydrogen) atoms. The molecule has 0 bridgehead atoms. The number of amides is 1. The Labute approximate surface area is 105 Å². The SMILES string of the molecule is CCCCC1CC(NC(C)=O)CN(C2CC2)C1. The summed E-state index contributed by atoms with van der Waals surface area (Å²) in [6.45, 7) is 6.23. The van der Waals surface area contributed by atoms with Crippen molar-refractivity contribution in [3.63, 3.8) is 0 Å². The van der Waals surface area contributed by atoms with Crippen LogP contribution >= 0.6 is 0 Å². The van der Waals surface area contributed by atoms with Gasteiger partial charge in [0.05, 0.1) is 0 Å². The Kier molecular flexibility index (Phi) is 4.43. The molecule has 2 unspecified atom stereocenters. The average molecular weight is 238 g/mol.